The Morgan fingerprint density at radius 3 is 2.58 bits per heavy atom. The Kier molecular flexibility index (Phi) is 7.91. The Morgan fingerprint density at radius 1 is 1.13 bits per heavy atom. The Labute approximate surface area is 231 Å². The van der Waals surface area contributed by atoms with Gasteiger partial charge >= 0.3 is 6.18 Å². The maximum absolute atomic E-state index is 13.5. The molecule has 0 saturated heterocycles. The second kappa shape index (κ2) is 11.0. The van der Waals surface area contributed by atoms with Crippen molar-refractivity contribution in [2.75, 3.05) is 11.9 Å². The molecule has 14 heteroatoms. The summed E-state index contributed by atoms with van der Waals surface area (Å²) in [7, 11) is 0. The van der Waals surface area contributed by atoms with Crippen LogP contribution in [-0.2, 0) is 6.18 Å². The van der Waals surface area contributed by atoms with Gasteiger partial charge in [0, 0.05) is 28.7 Å². The van der Waals surface area contributed by atoms with E-state index in [2.05, 4.69) is 36.6 Å². The number of nitrogens with one attached hydrogen (secondary N) is 2. The van der Waals surface area contributed by atoms with Crippen molar-refractivity contribution in [1.29, 1.82) is 5.26 Å². The van der Waals surface area contributed by atoms with Crippen molar-refractivity contribution in [3.05, 3.63) is 80.1 Å². The van der Waals surface area contributed by atoms with Gasteiger partial charge in [0.05, 0.1) is 33.8 Å². The number of hydrogen-bond donors (Lipinski definition) is 2. The van der Waals surface area contributed by atoms with Crippen molar-refractivity contribution in [3.63, 3.8) is 0 Å². The summed E-state index contributed by atoms with van der Waals surface area (Å²) < 4.78 is 41.9. The van der Waals surface area contributed by atoms with Crippen LogP contribution in [0.15, 0.2) is 53.1 Å². The number of hydrogen-bond acceptors (Lipinski definition) is 5. The first-order valence-corrected chi connectivity index (χ1v) is 12.2. The lowest BCUT2D eigenvalue weighted by Gasteiger charge is -2.16. The molecule has 0 aliphatic carbocycles. The molecule has 4 rings (SSSR count). The van der Waals surface area contributed by atoms with E-state index in [0.29, 0.717) is 26.0 Å². The van der Waals surface area contributed by atoms with Gasteiger partial charge in [0.2, 0.25) is 0 Å². The zero-order chi connectivity index (χ0) is 27.6. The zero-order valence-electron chi connectivity index (χ0n) is 18.9. The van der Waals surface area contributed by atoms with E-state index < -0.39 is 29.4 Å². The van der Waals surface area contributed by atoms with E-state index in [9.17, 15) is 22.8 Å². The minimum Gasteiger partial charge on any atom is -0.351 e. The summed E-state index contributed by atoms with van der Waals surface area (Å²) in [6, 6.07) is 11.8. The van der Waals surface area contributed by atoms with Gasteiger partial charge in [-0.2, -0.15) is 23.5 Å². The summed E-state index contributed by atoms with van der Waals surface area (Å²) in [5.74, 6) is -1.92. The van der Waals surface area contributed by atoms with Gasteiger partial charge in [-0.05, 0) is 35.7 Å². The highest BCUT2D eigenvalue weighted by molar-refractivity contribution is 9.10. The molecule has 8 nitrogen and oxygen atoms in total. The molecule has 2 aromatic carbocycles. The average molecular weight is 626 g/mol. The fraction of sp³-hybridized carbons (Fsp3) is 0.125. The number of halogens is 6. The third-order valence-corrected chi connectivity index (χ3v) is 6.40. The minimum absolute atomic E-state index is 0.0215. The summed E-state index contributed by atoms with van der Waals surface area (Å²) in [5.41, 5.74) is -2.12. The van der Waals surface area contributed by atoms with Crippen LogP contribution in [0, 0.1) is 11.3 Å². The minimum atomic E-state index is -4.87. The predicted octanol–water partition coefficient (Wildman–Crippen LogP) is 6.40. The van der Waals surface area contributed by atoms with Crippen LogP contribution in [0.1, 0.15) is 33.0 Å². The number of benzene rings is 2. The standard InChI is InChI=1S/C24H14BrCl2F3N6O2/c25-13-4-5-14-12(9-13)10-15(22(37)33-8-2-6-31)20(19(14)27)34-23(38)17-11-18(24(28,29)30)35-36(17)21-16(26)3-1-7-32-21/h1,3-5,7,9-11H,2,8H2,(H,33,37)(H,34,38). The van der Waals surface area contributed by atoms with Gasteiger partial charge in [0.25, 0.3) is 11.8 Å². The molecule has 0 fully saturated rings. The lowest BCUT2D eigenvalue weighted by Crippen LogP contribution is -2.26. The number of carbonyl (C=O) groups excluding carboxylic acids is 2. The summed E-state index contributed by atoms with van der Waals surface area (Å²) in [6.45, 7) is 0.0246. The number of nitrogens with zero attached hydrogens (tertiary/aromatic N) is 4. The van der Waals surface area contributed by atoms with Crippen LogP contribution in [-0.4, -0.2) is 33.1 Å². The van der Waals surface area contributed by atoms with Gasteiger partial charge in [-0.1, -0.05) is 45.2 Å². The van der Waals surface area contributed by atoms with Crippen molar-refractivity contribution in [1.82, 2.24) is 20.1 Å². The maximum atomic E-state index is 13.5. The topological polar surface area (TPSA) is 113 Å². The number of alkyl halides is 3. The number of rotatable bonds is 6. The van der Waals surface area contributed by atoms with E-state index in [4.69, 9.17) is 28.5 Å². The van der Waals surface area contributed by atoms with Gasteiger partial charge in [-0.25, -0.2) is 9.67 Å². The molecule has 194 valence electrons. The number of aromatic nitrogens is 3. The van der Waals surface area contributed by atoms with E-state index in [0.717, 1.165) is 0 Å². The molecule has 0 radical (unpaired) electrons. The first-order valence-electron chi connectivity index (χ1n) is 10.7. The molecule has 2 N–H and O–H groups in total. The third-order valence-electron chi connectivity index (χ3n) is 5.22. The molecule has 0 bridgehead atoms. The van der Waals surface area contributed by atoms with E-state index in [1.807, 2.05) is 6.07 Å². The van der Waals surface area contributed by atoms with Crippen LogP contribution in [0.4, 0.5) is 18.9 Å². The lowest BCUT2D eigenvalue weighted by atomic mass is 10.0. The zero-order valence-corrected chi connectivity index (χ0v) is 22.0. The Hall–Kier alpha value is -3.66. The smallest absolute Gasteiger partial charge is 0.351 e. The third kappa shape index (κ3) is 5.60. The van der Waals surface area contributed by atoms with Crippen LogP contribution in [0.2, 0.25) is 10.0 Å². The molecular formula is C24H14BrCl2F3N6O2. The van der Waals surface area contributed by atoms with E-state index in [1.165, 1.54) is 24.4 Å². The molecule has 2 amide bonds. The quantitative estimate of drug-likeness (QED) is 0.241. The largest absolute Gasteiger partial charge is 0.435 e. The first-order chi connectivity index (χ1) is 18.0. The lowest BCUT2D eigenvalue weighted by molar-refractivity contribution is -0.141. The number of fused-ring (bicyclic) bond motifs is 1. The first kappa shape index (κ1) is 27.4. The summed E-state index contributed by atoms with van der Waals surface area (Å²) in [4.78, 5) is 30.3. The molecule has 2 heterocycles. The van der Waals surface area contributed by atoms with E-state index >= 15 is 0 Å². The summed E-state index contributed by atoms with van der Waals surface area (Å²) in [5, 5.41) is 18.2. The van der Waals surface area contributed by atoms with Crippen molar-refractivity contribution in [2.45, 2.75) is 12.6 Å². The maximum Gasteiger partial charge on any atom is 0.435 e. The number of pyridine rings is 1. The van der Waals surface area contributed by atoms with Crippen LogP contribution in [0.25, 0.3) is 16.6 Å². The molecule has 38 heavy (non-hydrogen) atoms. The highest BCUT2D eigenvalue weighted by Gasteiger charge is 2.37. The number of carbonyl (C=O) groups is 2. The van der Waals surface area contributed by atoms with Crippen LogP contribution in [0.3, 0.4) is 0 Å². The van der Waals surface area contributed by atoms with Gasteiger partial charge < -0.3 is 10.6 Å². The normalized spacial score (nSPS) is 11.3. The number of anilines is 1. The second-order valence-electron chi connectivity index (χ2n) is 7.73. The Balaban J connectivity index is 1.84. The monoisotopic (exact) mass is 624 g/mol. The van der Waals surface area contributed by atoms with Crippen molar-refractivity contribution < 1.29 is 22.8 Å². The molecule has 0 saturated carbocycles. The fourth-order valence-electron chi connectivity index (χ4n) is 3.52. The summed E-state index contributed by atoms with van der Waals surface area (Å²) in [6.07, 6.45) is -3.56. The van der Waals surface area contributed by atoms with Gasteiger partial charge in [-0.15, -0.1) is 0 Å². The highest BCUT2D eigenvalue weighted by atomic mass is 79.9. The molecule has 2 aromatic heterocycles. The molecule has 0 aliphatic heterocycles. The number of nitriles is 1. The van der Waals surface area contributed by atoms with E-state index in [1.54, 1.807) is 18.2 Å². The Morgan fingerprint density at radius 2 is 1.89 bits per heavy atom. The van der Waals surface area contributed by atoms with Crippen molar-refractivity contribution >= 4 is 67.4 Å². The molecule has 0 atom stereocenters. The highest BCUT2D eigenvalue weighted by Crippen LogP contribution is 2.37. The van der Waals surface area contributed by atoms with Crippen molar-refractivity contribution in [3.8, 4) is 11.9 Å². The predicted molar refractivity (Wildman–Crippen MR) is 139 cm³/mol. The molecule has 0 aliphatic rings. The van der Waals surface area contributed by atoms with Gasteiger partial charge in [0.15, 0.2) is 11.5 Å². The molecular weight excluding hydrogens is 612 g/mol. The SMILES string of the molecule is N#CCCNC(=O)c1cc2cc(Br)ccc2c(Cl)c1NC(=O)c1cc(C(F)(F)F)nn1-c1ncccc1Cl. The van der Waals surface area contributed by atoms with Gasteiger partial charge in [-0.3, -0.25) is 9.59 Å². The molecule has 0 spiro atoms. The van der Waals surface area contributed by atoms with Crippen LogP contribution >= 0.6 is 39.1 Å². The molecule has 0 unspecified atom stereocenters. The Bertz CT molecular complexity index is 1620. The average Bonchev–Trinajstić information content (AvgIpc) is 3.32. The van der Waals surface area contributed by atoms with E-state index in [-0.39, 0.29) is 40.1 Å². The van der Waals surface area contributed by atoms with Gasteiger partial charge in [0.1, 0.15) is 5.69 Å². The fourth-order valence-corrected chi connectivity index (χ4v) is 4.42. The number of amides is 2. The summed E-state index contributed by atoms with van der Waals surface area (Å²) >= 11 is 16.1. The van der Waals surface area contributed by atoms with Crippen LogP contribution < -0.4 is 10.6 Å². The second-order valence-corrected chi connectivity index (χ2v) is 9.43. The van der Waals surface area contributed by atoms with Crippen LogP contribution in [0.5, 0.6) is 0 Å². The van der Waals surface area contributed by atoms with Crippen molar-refractivity contribution in [2.24, 2.45) is 0 Å². The molecule has 4 aromatic rings.